The first kappa shape index (κ1) is 16.8. The Morgan fingerprint density at radius 1 is 1.31 bits per heavy atom. The van der Waals surface area contributed by atoms with Gasteiger partial charge in [-0.05, 0) is 36.9 Å². The van der Waals surface area contributed by atoms with E-state index in [2.05, 4.69) is 50.5 Å². The molecule has 0 spiro atoms. The number of nitrogens with zero attached hydrogens (tertiary/aromatic N) is 4. The number of nitrogens with one attached hydrogen (secondary N) is 1. The Balaban J connectivity index is 1.45. The lowest BCUT2D eigenvalue weighted by Crippen LogP contribution is -2.35. The number of carboxylic acids is 1. The first-order chi connectivity index (χ1) is 12.7. The number of hydrogen-bond acceptors (Lipinski definition) is 4. The van der Waals surface area contributed by atoms with Crippen LogP contribution in [0.2, 0.25) is 0 Å². The van der Waals surface area contributed by atoms with Crippen LogP contribution in [0.15, 0.2) is 36.5 Å². The third-order valence-corrected chi connectivity index (χ3v) is 5.06. The highest BCUT2D eigenvalue weighted by atomic mass is 16.4. The molecule has 4 rings (SSSR count). The molecule has 0 aliphatic carbocycles. The fraction of sp³-hybridized carbons (Fsp3) is 0.421. The Hall–Kier alpha value is -2.67. The van der Waals surface area contributed by atoms with Crippen molar-refractivity contribution in [2.24, 2.45) is 0 Å². The molecular weight excluding hydrogens is 330 g/mol. The highest BCUT2D eigenvalue weighted by Crippen LogP contribution is 2.32. The van der Waals surface area contributed by atoms with Crippen LogP contribution in [-0.4, -0.2) is 49.0 Å². The third-order valence-electron chi connectivity index (χ3n) is 5.06. The number of H-pyrrole nitrogens is 1. The molecule has 1 aromatic carbocycles. The Labute approximate surface area is 151 Å². The van der Waals surface area contributed by atoms with Gasteiger partial charge in [0.1, 0.15) is 6.54 Å². The number of benzene rings is 1. The van der Waals surface area contributed by atoms with E-state index in [0.29, 0.717) is 6.04 Å². The summed E-state index contributed by atoms with van der Waals surface area (Å²) in [5, 5.41) is 18.1. The zero-order valence-corrected chi connectivity index (χ0v) is 14.6. The van der Waals surface area contributed by atoms with Crippen molar-refractivity contribution in [3.8, 4) is 0 Å². The minimum absolute atomic E-state index is 0.144. The topological polar surface area (TPSA) is 87.0 Å². The highest BCUT2D eigenvalue weighted by Gasteiger charge is 2.25. The van der Waals surface area contributed by atoms with Crippen molar-refractivity contribution in [1.29, 1.82) is 0 Å². The largest absolute Gasteiger partial charge is 0.480 e. The molecular formula is C19H23N5O2. The average Bonchev–Trinajstić information content (AvgIpc) is 3.26. The van der Waals surface area contributed by atoms with Crippen molar-refractivity contribution >= 4 is 16.9 Å². The van der Waals surface area contributed by atoms with E-state index in [1.807, 2.05) is 0 Å². The van der Waals surface area contributed by atoms with E-state index in [1.54, 1.807) is 6.20 Å². The van der Waals surface area contributed by atoms with Crippen molar-refractivity contribution < 1.29 is 9.90 Å². The molecule has 1 aliphatic heterocycles. The second-order valence-corrected chi connectivity index (χ2v) is 6.91. The van der Waals surface area contributed by atoms with Crippen molar-refractivity contribution in [2.45, 2.75) is 38.3 Å². The first-order valence-electron chi connectivity index (χ1n) is 9.11. The lowest BCUT2D eigenvalue weighted by atomic mass is 9.99. The fourth-order valence-corrected chi connectivity index (χ4v) is 3.81. The van der Waals surface area contributed by atoms with Gasteiger partial charge in [-0.3, -0.25) is 9.69 Å². The monoisotopic (exact) mass is 353 g/mol. The van der Waals surface area contributed by atoms with Gasteiger partial charge >= 0.3 is 5.97 Å². The molecule has 1 saturated heterocycles. The van der Waals surface area contributed by atoms with Crippen LogP contribution < -0.4 is 0 Å². The van der Waals surface area contributed by atoms with Gasteiger partial charge in [0.15, 0.2) is 0 Å². The minimum Gasteiger partial charge on any atom is -0.480 e. The van der Waals surface area contributed by atoms with Crippen molar-refractivity contribution in [2.75, 3.05) is 13.1 Å². The molecule has 1 unspecified atom stereocenters. The maximum atomic E-state index is 10.8. The quantitative estimate of drug-likeness (QED) is 0.711. The summed E-state index contributed by atoms with van der Waals surface area (Å²) in [4.78, 5) is 16.8. The Kier molecular flexibility index (Phi) is 4.71. The number of carboxylic acid groups (broad SMARTS) is 1. The molecule has 1 fully saturated rings. The number of likely N-dealkylation sites (tertiary alicyclic amines) is 1. The van der Waals surface area contributed by atoms with E-state index in [1.165, 1.54) is 34.1 Å². The molecule has 1 atom stereocenters. The molecule has 2 N–H and O–H groups in total. The zero-order valence-electron chi connectivity index (χ0n) is 14.6. The van der Waals surface area contributed by atoms with Gasteiger partial charge in [-0.25, -0.2) is 4.68 Å². The number of rotatable bonds is 6. The van der Waals surface area contributed by atoms with Gasteiger partial charge in [0.25, 0.3) is 0 Å². The summed E-state index contributed by atoms with van der Waals surface area (Å²) < 4.78 is 1.38. The van der Waals surface area contributed by atoms with Crippen LogP contribution in [-0.2, 0) is 17.8 Å². The van der Waals surface area contributed by atoms with Gasteiger partial charge in [0, 0.05) is 36.4 Å². The maximum Gasteiger partial charge on any atom is 0.325 e. The van der Waals surface area contributed by atoms with E-state index >= 15 is 0 Å². The van der Waals surface area contributed by atoms with Crippen LogP contribution >= 0.6 is 0 Å². The van der Waals surface area contributed by atoms with Crippen LogP contribution in [0.25, 0.3) is 10.9 Å². The van der Waals surface area contributed by atoms with Gasteiger partial charge in [0.2, 0.25) is 0 Å². The second-order valence-electron chi connectivity index (χ2n) is 6.91. The SMILES string of the molecule is O=C(O)Cn1cc(CCN2CCCCC2c2cc3ccccc3[nH]2)nn1. The number of carbonyl (C=O) groups is 1. The van der Waals surface area contributed by atoms with E-state index in [0.717, 1.165) is 31.6 Å². The maximum absolute atomic E-state index is 10.8. The van der Waals surface area contributed by atoms with E-state index < -0.39 is 5.97 Å². The molecule has 0 radical (unpaired) electrons. The van der Waals surface area contributed by atoms with Crippen LogP contribution in [0.3, 0.4) is 0 Å². The molecule has 0 saturated carbocycles. The molecule has 0 amide bonds. The summed E-state index contributed by atoms with van der Waals surface area (Å²) in [6.45, 7) is 1.82. The third kappa shape index (κ3) is 3.62. The molecule has 2 aromatic heterocycles. The number of aliphatic carboxylic acids is 1. The Bertz CT molecular complexity index is 867. The number of aromatic amines is 1. The molecule has 0 bridgehead atoms. The molecule has 7 nitrogen and oxygen atoms in total. The summed E-state index contributed by atoms with van der Waals surface area (Å²) >= 11 is 0. The van der Waals surface area contributed by atoms with Gasteiger partial charge in [-0.15, -0.1) is 5.10 Å². The lowest BCUT2D eigenvalue weighted by Gasteiger charge is -2.35. The van der Waals surface area contributed by atoms with Gasteiger partial charge in [0.05, 0.1) is 5.69 Å². The predicted octanol–water partition coefficient (Wildman–Crippen LogP) is 2.61. The first-order valence-corrected chi connectivity index (χ1v) is 9.11. The smallest absolute Gasteiger partial charge is 0.325 e. The molecule has 3 heterocycles. The minimum atomic E-state index is -0.906. The standard InChI is InChI=1S/C19H23N5O2/c25-19(26)13-24-12-15(21-22-24)8-10-23-9-4-3-7-18(23)17-11-14-5-1-2-6-16(14)20-17/h1-2,5-6,11-12,18,20H,3-4,7-10,13H2,(H,25,26). The Morgan fingerprint density at radius 2 is 2.19 bits per heavy atom. The zero-order chi connectivity index (χ0) is 17.9. The Morgan fingerprint density at radius 3 is 3.04 bits per heavy atom. The van der Waals surface area contributed by atoms with E-state index in [-0.39, 0.29) is 6.54 Å². The molecule has 7 heteroatoms. The molecule has 1 aliphatic rings. The van der Waals surface area contributed by atoms with E-state index in [4.69, 9.17) is 5.11 Å². The van der Waals surface area contributed by atoms with Crippen molar-refractivity contribution in [3.63, 3.8) is 0 Å². The summed E-state index contributed by atoms with van der Waals surface area (Å²) in [5.41, 5.74) is 3.30. The number of aromatic nitrogens is 4. The normalized spacial score (nSPS) is 18.4. The number of fused-ring (bicyclic) bond motifs is 1. The second kappa shape index (κ2) is 7.29. The van der Waals surface area contributed by atoms with Crippen molar-refractivity contribution in [1.82, 2.24) is 24.9 Å². The van der Waals surface area contributed by atoms with Crippen LogP contribution in [0.4, 0.5) is 0 Å². The van der Waals surface area contributed by atoms with Gasteiger partial charge in [-0.1, -0.05) is 29.8 Å². The van der Waals surface area contributed by atoms with Gasteiger partial charge < -0.3 is 10.1 Å². The summed E-state index contributed by atoms with van der Waals surface area (Å²) in [7, 11) is 0. The molecule has 3 aromatic rings. The fourth-order valence-electron chi connectivity index (χ4n) is 3.81. The number of para-hydroxylation sites is 1. The highest BCUT2D eigenvalue weighted by molar-refractivity contribution is 5.80. The molecule has 26 heavy (non-hydrogen) atoms. The summed E-state index contributed by atoms with van der Waals surface area (Å²) in [5.74, 6) is -0.906. The average molecular weight is 353 g/mol. The van der Waals surface area contributed by atoms with Crippen LogP contribution in [0, 0.1) is 0 Å². The number of piperidine rings is 1. The van der Waals surface area contributed by atoms with Crippen LogP contribution in [0.1, 0.15) is 36.7 Å². The lowest BCUT2D eigenvalue weighted by molar-refractivity contribution is -0.137. The predicted molar refractivity (Wildman–Crippen MR) is 97.8 cm³/mol. The van der Waals surface area contributed by atoms with Crippen molar-refractivity contribution in [3.05, 3.63) is 47.9 Å². The summed E-state index contributed by atoms with van der Waals surface area (Å²) in [6, 6.07) is 11.0. The summed E-state index contributed by atoms with van der Waals surface area (Å²) in [6.07, 6.45) is 6.11. The van der Waals surface area contributed by atoms with E-state index in [9.17, 15) is 4.79 Å². The number of hydrogen-bond donors (Lipinski definition) is 2. The van der Waals surface area contributed by atoms with Gasteiger partial charge in [-0.2, -0.15) is 0 Å². The molecule has 136 valence electrons. The van der Waals surface area contributed by atoms with Crippen LogP contribution in [0.5, 0.6) is 0 Å².